The maximum absolute atomic E-state index is 11.5. The van der Waals surface area contributed by atoms with Gasteiger partial charge in [-0.15, -0.1) is 0 Å². The van der Waals surface area contributed by atoms with Gasteiger partial charge < -0.3 is 5.32 Å². The van der Waals surface area contributed by atoms with Crippen LogP contribution in [0.5, 0.6) is 0 Å². The third-order valence-electron chi connectivity index (χ3n) is 2.08. The van der Waals surface area contributed by atoms with Gasteiger partial charge in [0, 0.05) is 24.5 Å². The number of aromatic nitrogens is 4. The third-order valence-corrected chi connectivity index (χ3v) is 2.08. The van der Waals surface area contributed by atoms with Crippen LogP contribution in [0.25, 0.3) is 5.82 Å². The zero-order valence-corrected chi connectivity index (χ0v) is 10.2. The van der Waals surface area contributed by atoms with Gasteiger partial charge in [0.25, 0.3) is 0 Å². The van der Waals surface area contributed by atoms with Crippen molar-refractivity contribution in [1.29, 1.82) is 0 Å². The summed E-state index contributed by atoms with van der Waals surface area (Å²) in [5.74, 6) is 1.08. The quantitative estimate of drug-likeness (QED) is 0.852. The number of nitrogens with one attached hydrogen (secondary N) is 2. The predicted molar refractivity (Wildman–Crippen MR) is 66.4 cm³/mol. The van der Waals surface area contributed by atoms with Crippen molar-refractivity contribution in [2.45, 2.75) is 19.9 Å². The van der Waals surface area contributed by atoms with Gasteiger partial charge in [-0.25, -0.2) is 19.7 Å². The number of hydrogen-bond acceptors (Lipinski definition) is 4. The van der Waals surface area contributed by atoms with Crippen molar-refractivity contribution in [3.63, 3.8) is 0 Å². The highest BCUT2D eigenvalue weighted by Gasteiger charge is 2.05. The Bertz CT molecular complexity index is 522. The minimum atomic E-state index is -0.291. The lowest BCUT2D eigenvalue weighted by molar-refractivity contribution is 0.250. The number of carbonyl (C=O) groups excluding carboxylic acids is 1. The van der Waals surface area contributed by atoms with Crippen molar-refractivity contribution in [1.82, 2.24) is 24.8 Å². The SMILES string of the molecule is CC(C)NC(=O)Nc1cc(-n2ccnc2)ncn1. The van der Waals surface area contributed by atoms with Crippen molar-refractivity contribution < 1.29 is 4.79 Å². The fraction of sp³-hybridized carbons (Fsp3) is 0.273. The van der Waals surface area contributed by atoms with E-state index in [2.05, 4.69) is 25.6 Å². The highest BCUT2D eigenvalue weighted by Crippen LogP contribution is 2.08. The molecule has 18 heavy (non-hydrogen) atoms. The van der Waals surface area contributed by atoms with E-state index in [0.29, 0.717) is 11.6 Å². The largest absolute Gasteiger partial charge is 0.336 e. The number of imidazole rings is 1. The molecule has 0 radical (unpaired) electrons. The van der Waals surface area contributed by atoms with Crippen LogP contribution in [-0.2, 0) is 0 Å². The molecule has 7 heteroatoms. The van der Waals surface area contributed by atoms with E-state index in [0.717, 1.165) is 0 Å². The average Bonchev–Trinajstić information content (AvgIpc) is 2.81. The van der Waals surface area contributed by atoms with Crippen molar-refractivity contribution >= 4 is 11.8 Å². The zero-order chi connectivity index (χ0) is 13.0. The van der Waals surface area contributed by atoms with Crippen molar-refractivity contribution in [3.8, 4) is 5.82 Å². The van der Waals surface area contributed by atoms with Gasteiger partial charge in [-0.1, -0.05) is 0 Å². The van der Waals surface area contributed by atoms with Crippen LogP contribution in [0.1, 0.15) is 13.8 Å². The van der Waals surface area contributed by atoms with Crippen LogP contribution in [-0.4, -0.2) is 31.6 Å². The minimum absolute atomic E-state index is 0.0694. The topological polar surface area (TPSA) is 84.7 Å². The Morgan fingerprint density at radius 1 is 1.39 bits per heavy atom. The van der Waals surface area contributed by atoms with E-state index in [4.69, 9.17) is 0 Å². The van der Waals surface area contributed by atoms with E-state index in [1.54, 1.807) is 29.4 Å². The van der Waals surface area contributed by atoms with Crippen LogP contribution in [0, 0.1) is 0 Å². The van der Waals surface area contributed by atoms with Crippen LogP contribution in [0.4, 0.5) is 10.6 Å². The molecule has 2 aromatic rings. The molecule has 0 aliphatic heterocycles. The second kappa shape index (κ2) is 5.26. The normalized spacial score (nSPS) is 10.4. The molecular formula is C11H14N6O. The van der Waals surface area contributed by atoms with Gasteiger partial charge in [0.1, 0.15) is 24.3 Å². The van der Waals surface area contributed by atoms with E-state index < -0.39 is 0 Å². The number of anilines is 1. The highest BCUT2D eigenvalue weighted by molar-refractivity contribution is 5.88. The Kier molecular flexibility index (Phi) is 3.52. The fourth-order valence-electron chi connectivity index (χ4n) is 1.37. The molecule has 0 aliphatic rings. The highest BCUT2D eigenvalue weighted by atomic mass is 16.2. The Balaban J connectivity index is 2.11. The zero-order valence-electron chi connectivity index (χ0n) is 10.2. The van der Waals surface area contributed by atoms with Gasteiger partial charge >= 0.3 is 6.03 Å². The molecule has 2 N–H and O–H groups in total. The maximum atomic E-state index is 11.5. The lowest BCUT2D eigenvalue weighted by Gasteiger charge is -2.10. The number of amides is 2. The van der Waals surface area contributed by atoms with Crippen LogP contribution in [0.2, 0.25) is 0 Å². The molecule has 0 aliphatic carbocycles. The standard InChI is InChI=1S/C11H14N6O/c1-8(2)15-11(18)16-9-5-10(14-6-13-9)17-4-3-12-7-17/h3-8H,1-2H3,(H2,13,14,15,16,18). The first-order valence-electron chi connectivity index (χ1n) is 5.53. The number of urea groups is 1. The lowest BCUT2D eigenvalue weighted by atomic mass is 10.4. The Morgan fingerprint density at radius 2 is 2.22 bits per heavy atom. The van der Waals surface area contributed by atoms with Gasteiger partial charge in [0.05, 0.1) is 0 Å². The van der Waals surface area contributed by atoms with Crippen molar-refractivity contribution in [2.75, 3.05) is 5.32 Å². The molecule has 2 heterocycles. The van der Waals surface area contributed by atoms with E-state index in [1.807, 2.05) is 13.8 Å². The van der Waals surface area contributed by atoms with Crippen molar-refractivity contribution in [3.05, 3.63) is 31.1 Å². The average molecular weight is 246 g/mol. The molecule has 2 amide bonds. The number of rotatable bonds is 3. The summed E-state index contributed by atoms with van der Waals surface area (Å²) in [5.41, 5.74) is 0. The number of carbonyl (C=O) groups is 1. The van der Waals surface area contributed by atoms with E-state index in [-0.39, 0.29) is 12.1 Å². The van der Waals surface area contributed by atoms with Crippen LogP contribution in [0.15, 0.2) is 31.1 Å². The number of hydrogen-bond donors (Lipinski definition) is 2. The molecule has 94 valence electrons. The van der Waals surface area contributed by atoms with Crippen molar-refractivity contribution in [2.24, 2.45) is 0 Å². The molecule has 0 saturated heterocycles. The molecule has 0 atom stereocenters. The third kappa shape index (κ3) is 3.03. The summed E-state index contributed by atoms with van der Waals surface area (Å²) >= 11 is 0. The Hall–Kier alpha value is -2.44. The monoisotopic (exact) mass is 246 g/mol. The smallest absolute Gasteiger partial charge is 0.320 e. The molecule has 2 rings (SSSR count). The summed E-state index contributed by atoms with van der Waals surface area (Å²) in [7, 11) is 0. The first-order chi connectivity index (χ1) is 8.65. The Labute approximate surface area is 104 Å². The van der Waals surface area contributed by atoms with Gasteiger partial charge in [0.15, 0.2) is 0 Å². The summed E-state index contributed by atoms with van der Waals surface area (Å²) in [6.45, 7) is 3.77. The second-order valence-electron chi connectivity index (χ2n) is 3.98. The first kappa shape index (κ1) is 12.0. The van der Waals surface area contributed by atoms with Gasteiger partial charge in [0.2, 0.25) is 0 Å². The molecule has 0 spiro atoms. The van der Waals surface area contributed by atoms with Gasteiger partial charge in [-0.3, -0.25) is 9.88 Å². The maximum Gasteiger partial charge on any atom is 0.320 e. The van der Waals surface area contributed by atoms with E-state index in [9.17, 15) is 4.79 Å². The predicted octanol–water partition coefficient (Wildman–Crippen LogP) is 1.19. The van der Waals surface area contributed by atoms with E-state index in [1.165, 1.54) is 6.33 Å². The molecule has 2 aromatic heterocycles. The molecular weight excluding hydrogens is 232 g/mol. The first-order valence-corrected chi connectivity index (χ1v) is 5.53. The Morgan fingerprint density at radius 3 is 2.89 bits per heavy atom. The summed E-state index contributed by atoms with van der Waals surface area (Å²) in [5, 5.41) is 5.36. The molecule has 0 unspecified atom stereocenters. The summed E-state index contributed by atoms with van der Waals surface area (Å²) in [6.07, 6.45) is 6.43. The molecule has 7 nitrogen and oxygen atoms in total. The summed E-state index contributed by atoms with van der Waals surface area (Å²) in [6, 6.07) is 1.45. The molecule has 0 aromatic carbocycles. The summed E-state index contributed by atoms with van der Waals surface area (Å²) in [4.78, 5) is 23.5. The fourth-order valence-corrected chi connectivity index (χ4v) is 1.37. The molecule has 0 fully saturated rings. The lowest BCUT2D eigenvalue weighted by Crippen LogP contribution is -2.34. The van der Waals surface area contributed by atoms with Gasteiger partial charge in [-0.2, -0.15) is 0 Å². The molecule has 0 saturated carbocycles. The van der Waals surface area contributed by atoms with E-state index >= 15 is 0 Å². The minimum Gasteiger partial charge on any atom is -0.336 e. The van der Waals surface area contributed by atoms with Crippen LogP contribution in [0.3, 0.4) is 0 Å². The van der Waals surface area contributed by atoms with Crippen LogP contribution < -0.4 is 10.6 Å². The van der Waals surface area contributed by atoms with Gasteiger partial charge in [-0.05, 0) is 13.8 Å². The second-order valence-corrected chi connectivity index (χ2v) is 3.98. The van der Waals surface area contributed by atoms with Crippen LogP contribution >= 0.6 is 0 Å². The molecule has 0 bridgehead atoms. The summed E-state index contributed by atoms with van der Waals surface area (Å²) < 4.78 is 1.73. The number of nitrogens with zero attached hydrogens (tertiary/aromatic N) is 4.